The Kier molecular flexibility index (Phi) is 3.13. The van der Waals surface area contributed by atoms with Crippen LogP contribution in [0.25, 0.3) is 44.1 Å². The molecule has 0 saturated carbocycles. The lowest BCUT2D eigenvalue weighted by Crippen LogP contribution is -2.30. The van der Waals surface area contributed by atoms with E-state index in [9.17, 15) is 0 Å². The Morgan fingerprint density at radius 2 is 1.81 bits per heavy atom. The summed E-state index contributed by atoms with van der Waals surface area (Å²) in [6, 6.07) is 17.0. The smallest absolute Gasteiger partial charge is 0.227 e. The van der Waals surface area contributed by atoms with Gasteiger partial charge in [0.2, 0.25) is 11.4 Å². The van der Waals surface area contributed by atoms with Gasteiger partial charge in [-0.3, -0.25) is 0 Å². The molecule has 0 aliphatic rings. The van der Waals surface area contributed by atoms with Crippen molar-refractivity contribution in [2.45, 2.75) is 13.8 Å². The van der Waals surface area contributed by atoms with Crippen LogP contribution in [0.1, 0.15) is 11.1 Å². The highest BCUT2D eigenvalue weighted by Crippen LogP contribution is 2.36. The highest BCUT2D eigenvalue weighted by molar-refractivity contribution is 6.17. The Morgan fingerprint density at radius 1 is 0.962 bits per heavy atom. The average Bonchev–Trinajstić information content (AvgIpc) is 3.01. The van der Waals surface area contributed by atoms with Gasteiger partial charge in [-0.1, -0.05) is 24.3 Å². The summed E-state index contributed by atoms with van der Waals surface area (Å²) in [6.45, 7) is 4.28. The molecule has 3 nitrogen and oxygen atoms in total. The van der Waals surface area contributed by atoms with E-state index in [4.69, 9.17) is 4.42 Å². The number of aryl methyl sites for hydroxylation is 3. The van der Waals surface area contributed by atoms with Gasteiger partial charge in [-0.05, 0) is 42.5 Å². The maximum atomic E-state index is 6.13. The first-order valence-electron chi connectivity index (χ1n) is 8.79. The van der Waals surface area contributed by atoms with Gasteiger partial charge in [-0.25, -0.2) is 9.55 Å². The van der Waals surface area contributed by atoms with Crippen LogP contribution in [0, 0.1) is 13.8 Å². The van der Waals surface area contributed by atoms with Gasteiger partial charge in [-0.15, -0.1) is 0 Å². The van der Waals surface area contributed by atoms with E-state index in [2.05, 4.69) is 79.1 Å². The summed E-state index contributed by atoms with van der Waals surface area (Å²) in [6.07, 6.45) is 3.98. The predicted octanol–water partition coefficient (Wildman–Crippen LogP) is 5.24. The molecule has 3 heteroatoms. The predicted molar refractivity (Wildman–Crippen MR) is 105 cm³/mol. The Morgan fingerprint density at radius 3 is 2.69 bits per heavy atom. The highest BCUT2D eigenvalue weighted by Gasteiger charge is 2.18. The largest absolute Gasteiger partial charge is 0.438 e. The summed E-state index contributed by atoms with van der Waals surface area (Å²) >= 11 is 0. The lowest BCUT2D eigenvalue weighted by molar-refractivity contribution is -0.660. The molecule has 126 valence electrons. The molecule has 5 aromatic rings. The minimum Gasteiger partial charge on any atom is -0.438 e. The summed E-state index contributed by atoms with van der Waals surface area (Å²) in [7, 11) is 2.08. The summed E-state index contributed by atoms with van der Waals surface area (Å²) in [4.78, 5) is 4.54. The Bertz CT molecular complexity index is 1310. The fraction of sp³-hybridized carbons (Fsp3) is 0.130. The van der Waals surface area contributed by atoms with Gasteiger partial charge in [0, 0.05) is 29.1 Å². The zero-order chi connectivity index (χ0) is 17.8. The van der Waals surface area contributed by atoms with Crippen molar-refractivity contribution in [3.05, 3.63) is 72.1 Å². The zero-order valence-electron chi connectivity index (χ0n) is 15.1. The zero-order valence-corrected chi connectivity index (χ0v) is 15.1. The molecule has 3 heterocycles. The van der Waals surface area contributed by atoms with Crippen molar-refractivity contribution < 1.29 is 8.98 Å². The minimum absolute atomic E-state index is 0.698. The molecule has 0 radical (unpaired) electrons. The van der Waals surface area contributed by atoms with Crippen molar-refractivity contribution in [3.63, 3.8) is 0 Å². The molecule has 0 unspecified atom stereocenters. The topological polar surface area (TPSA) is 29.9 Å². The van der Waals surface area contributed by atoms with E-state index in [0.29, 0.717) is 5.71 Å². The average molecular weight is 339 g/mol. The van der Waals surface area contributed by atoms with Crippen molar-refractivity contribution in [2.24, 2.45) is 7.05 Å². The molecule has 0 spiro atoms. The van der Waals surface area contributed by atoms with Crippen LogP contribution in [0.2, 0.25) is 0 Å². The van der Waals surface area contributed by atoms with Gasteiger partial charge in [-0.2, -0.15) is 0 Å². The van der Waals surface area contributed by atoms with Crippen LogP contribution in [-0.2, 0) is 7.05 Å². The quantitative estimate of drug-likeness (QED) is 0.391. The van der Waals surface area contributed by atoms with E-state index in [1.807, 2.05) is 12.3 Å². The van der Waals surface area contributed by atoms with Crippen molar-refractivity contribution in [1.82, 2.24) is 4.98 Å². The second-order valence-corrected chi connectivity index (χ2v) is 6.99. The Labute approximate surface area is 151 Å². The van der Waals surface area contributed by atoms with Crippen LogP contribution < -0.4 is 4.57 Å². The number of nitrogens with zero attached hydrogens (tertiary/aromatic N) is 2. The maximum Gasteiger partial charge on any atom is 0.227 e. The monoisotopic (exact) mass is 339 g/mol. The van der Waals surface area contributed by atoms with E-state index < -0.39 is 0 Å². The third kappa shape index (κ3) is 2.14. The third-order valence-electron chi connectivity index (χ3n) is 5.15. The van der Waals surface area contributed by atoms with E-state index >= 15 is 0 Å². The van der Waals surface area contributed by atoms with E-state index in [0.717, 1.165) is 21.7 Å². The molecule has 5 rings (SSSR count). The molecule has 0 N–H and O–H groups in total. The number of rotatable bonds is 1. The van der Waals surface area contributed by atoms with Crippen molar-refractivity contribution >= 4 is 32.8 Å². The first kappa shape index (κ1) is 15.1. The van der Waals surface area contributed by atoms with E-state index in [1.54, 1.807) is 0 Å². The fourth-order valence-corrected chi connectivity index (χ4v) is 3.77. The molecular formula is C23H19N2O+. The van der Waals surface area contributed by atoms with E-state index in [-0.39, 0.29) is 0 Å². The van der Waals surface area contributed by atoms with Crippen molar-refractivity contribution in [1.29, 1.82) is 0 Å². The van der Waals surface area contributed by atoms with Crippen molar-refractivity contribution in [3.8, 4) is 11.3 Å². The summed E-state index contributed by atoms with van der Waals surface area (Å²) in [5.74, 6) is 0. The molecule has 0 aliphatic carbocycles. The summed E-state index contributed by atoms with van der Waals surface area (Å²) < 4.78 is 8.28. The van der Waals surface area contributed by atoms with E-state index in [1.165, 1.54) is 27.8 Å². The maximum absolute atomic E-state index is 6.13. The minimum atomic E-state index is 0.698. The van der Waals surface area contributed by atoms with Crippen LogP contribution in [-0.4, -0.2) is 4.98 Å². The molecular weight excluding hydrogens is 320 g/mol. The number of fused-ring (bicyclic) bond motifs is 5. The fourth-order valence-electron chi connectivity index (χ4n) is 3.77. The first-order valence-corrected chi connectivity index (χ1v) is 8.79. The van der Waals surface area contributed by atoms with Gasteiger partial charge in [0.05, 0.1) is 10.9 Å². The molecule has 3 aromatic heterocycles. The molecule has 0 atom stereocenters. The molecule has 0 saturated heterocycles. The van der Waals surface area contributed by atoms with Gasteiger partial charge in [0.1, 0.15) is 12.6 Å². The molecule has 0 amide bonds. The van der Waals surface area contributed by atoms with Crippen LogP contribution in [0.4, 0.5) is 0 Å². The summed E-state index contributed by atoms with van der Waals surface area (Å²) in [5, 5.41) is 4.54. The number of hydrogen-bond acceptors (Lipinski definition) is 2. The van der Waals surface area contributed by atoms with Crippen LogP contribution in [0.15, 0.2) is 65.3 Å². The Hall–Kier alpha value is -3.20. The van der Waals surface area contributed by atoms with Gasteiger partial charge < -0.3 is 4.42 Å². The molecule has 0 bridgehead atoms. The second-order valence-electron chi connectivity index (χ2n) is 6.99. The van der Waals surface area contributed by atoms with Gasteiger partial charge >= 0.3 is 0 Å². The number of furan rings is 1. The first-order chi connectivity index (χ1) is 12.6. The second kappa shape index (κ2) is 5.40. The van der Waals surface area contributed by atoms with Crippen molar-refractivity contribution in [2.75, 3.05) is 0 Å². The van der Waals surface area contributed by atoms with Crippen LogP contribution >= 0.6 is 0 Å². The lowest BCUT2D eigenvalue weighted by atomic mass is 9.99. The number of pyridine rings is 2. The summed E-state index contributed by atoms with van der Waals surface area (Å²) in [5.41, 5.74) is 6.42. The normalized spacial score (nSPS) is 11.7. The molecule has 0 fully saturated rings. The third-order valence-corrected chi connectivity index (χ3v) is 5.15. The standard InChI is InChI=1S/C23H19N2O/c1-14-8-9-25(3)20(10-14)18-12-21-19(11-15(18)2)22-17-7-5-4-6-16(17)13-24-23(22)26-21/h4-13H,1-3H3/q+1. The number of benzene rings is 2. The Balaban J connectivity index is 1.87. The van der Waals surface area contributed by atoms with Gasteiger partial charge in [0.25, 0.3) is 0 Å². The SMILES string of the molecule is Cc1cc[n+](C)c(-c2cc3oc4ncc5ccccc5c4c3cc2C)c1. The lowest BCUT2D eigenvalue weighted by Gasteiger charge is -2.05. The molecule has 0 aliphatic heterocycles. The molecule has 26 heavy (non-hydrogen) atoms. The number of aromatic nitrogens is 2. The number of hydrogen-bond donors (Lipinski definition) is 0. The van der Waals surface area contributed by atoms with Crippen LogP contribution in [0.3, 0.4) is 0 Å². The molecule has 2 aromatic carbocycles. The highest BCUT2D eigenvalue weighted by atomic mass is 16.3. The van der Waals surface area contributed by atoms with Gasteiger partial charge in [0.15, 0.2) is 6.20 Å². The van der Waals surface area contributed by atoms with Crippen LogP contribution in [0.5, 0.6) is 0 Å².